The number of rotatable bonds is 6. The van der Waals surface area contributed by atoms with Gasteiger partial charge in [0, 0.05) is 17.8 Å². The molecule has 5 nitrogen and oxygen atoms in total. The Bertz CT molecular complexity index is 582. The molecule has 104 valence electrons. The van der Waals surface area contributed by atoms with Crippen molar-refractivity contribution < 1.29 is 9.66 Å². The summed E-state index contributed by atoms with van der Waals surface area (Å²) in [5.41, 5.74) is 7.71. The van der Waals surface area contributed by atoms with E-state index in [4.69, 9.17) is 10.5 Å². The molecular formula is C15H16N2O3. The Hall–Kier alpha value is -2.56. The molecule has 0 heterocycles. The van der Waals surface area contributed by atoms with E-state index in [0.29, 0.717) is 12.4 Å². The lowest BCUT2D eigenvalue weighted by Gasteiger charge is -2.06. The van der Waals surface area contributed by atoms with E-state index < -0.39 is 4.92 Å². The summed E-state index contributed by atoms with van der Waals surface area (Å²) in [6.45, 7) is 0.562. The van der Waals surface area contributed by atoms with Crippen LogP contribution >= 0.6 is 0 Å². The quantitative estimate of drug-likeness (QED) is 0.379. The maximum Gasteiger partial charge on any atom is 0.269 e. The van der Waals surface area contributed by atoms with Crippen LogP contribution in [0.15, 0.2) is 48.5 Å². The van der Waals surface area contributed by atoms with Gasteiger partial charge in [-0.1, -0.05) is 12.1 Å². The molecule has 0 amide bonds. The van der Waals surface area contributed by atoms with E-state index in [1.165, 1.54) is 17.7 Å². The maximum absolute atomic E-state index is 10.5. The molecule has 0 bridgehead atoms. The van der Waals surface area contributed by atoms with Crippen molar-refractivity contribution in [3.8, 4) is 5.75 Å². The zero-order chi connectivity index (χ0) is 14.4. The number of nitro groups is 1. The lowest BCUT2D eigenvalue weighted by atomic mass is 10.1. The van der Waals surface area contributed by atoms with Gasteiger partial charge in [0.15, 0.2) is 0 Å². The van der Waals surface area contributed by atoms with Crippen LogP contribution in [-0.4, -0.2) is 11.5 Å². The summed E-state index contributed by atoms with van der Waals surface area (Å²) in [5, 5.41) is 10.5. The average Bonchev–Trinajstić information content (AvgIpc) is 2.44. The monoisotopic (exact) mass is 272 g/mol. The number of hydrogen-bond donors (Lipinski definition) is 1. The third-order valence-electron chi connectivity index (χ3n) is 2.88. The molecule has 20 heavy (non-hydrogen) atoms. The standard InChI is InChI=1S/C15H16N2O3/c16-13-5-1-3-12(11-13)4-2-10-20-15-8-6-14(7-9-15)17(18)19/h1,3,5-9,11H,2,4,10,16H2. The normalized spacial score (nSPS) is 10.2. The Morgan fingerprint density at radius 1 is 1.15 bits per heavy atom. The van der Waals surface area contributed by atoms with Gasteiger partial charge in [0.05, 0.1) is 11.5 Å². The fraction of sp³-hybridized carbons (Fsp3) is 0.200. The summed E-state index contributed by atoms with van der Waals surface area (Å²) >= 11 is 0. The van der Waals surface area contributed by atoms with Gasteiger partial charge in [0.1, 0.15) is 5.75 Å². The van der Waals surface area contributed by atoms with Crippen molar-refractivity contribution in [3.05, 3.63) is 64.2 Å². The summed E-state index contributed by atoms with van der Waals surface area (Å²) in [7, 11) is 0. The highest BCUT2D eigenvalue weighted by atomic mass is 16.6. The lowest BCUT2D eigenvalue weighted by Crippen LogP contribution is -2.00. The molecule has 2 aromatic carbocycles. The molecular weight excluding hydrogens is 256 g/mol. The predicted octanol–water partition coefficient (Wildman–Crippen LogP) is 3.19. The summed E-state index contributed by atoms with van der Waals surface area (Å²) in [6.07, 6.45) is 1.75. The van der Waals surface area contributed by atoms with Gasteiger partial charge < -0.3 is 10.5 Å². The number of nitrogens with zero attached hydrogens (tertiary/aromatic N) is 1. The fourth-order valence-electron chi connectivity index (χ4n) is 1.88. The summed E-state index contributed by atoms with van der Waals surface area (Å²) in [4.78, 5) is 10.1. The molecule has 0 saturated carbocycles. The van der Waals surface area contributed by atoms with Crippen molar-refractivity contribution in [2.75, 3.05) is 12.3 Å². The van der Waals surface area contributed by atoms with Gasteiger partial charge in [0.25, 0.3) is 5.69 Å². The van der Waals surface area contributed by atoms with Crippen molar-refractivity contribution in [2.45, 2.75) is 12.8 Å². The van der Waals surface area contributed by atoms with Crippen molar-refractivity contribution in [1.82, 2.24) is 0 Å². The molecule has 0 radical (unpaired) electrons. The third-order valence-corrected chi connectivity index (χ3v) is 2.88. The minimum atomic E-state index is -0.427. The highest BCUT2D eigenvalue weighted by Crippen LogP contribution is 2.17. The Kier molecular flexibility index (Phi) is 4.55. The number of anilines is 1. The van der Waals surface area contributed by atoms with Crippen LogP contribution in [0.4, 0.5) is 11.4 Å². The molecule has 0 saturated heterocycles. The van der Waals surface area contributed by atoms with E-state index in [1.807, 2.05) is 24.3 Å². The summed E-state index contributed by atoms with van der Waals surface area (Å²) in [5.74, 6) is 0.642. The minimum absolute atomic E-state index is 0.0668. The van der Waals surface area contributed by atoms with Crippen LogP contribution in [-0.2, 0) is 6.42 Å². The van der Waals surface area contributed by atoms with Crippen molar-refractivity contribution in [3.63, 3.8) is 0 Å². The molecule has 0 unspecified atom stereocenters. The lowest BCUT2D eigenvalue weighted by molar-refractivity contribution is -0.384. The molecule has 0 aliphatic carbocycles. The van der Waals surface area contributed by atoms with E-state index in [2.05, 4.69) is 0 Å². The Morgan fingerprint density at radius 2 is 1.90 bits per heavy atom. The Labute approximate surface area is 117 Å². The number of ether oxygens (including phenoxy) is 1. The number of nitro benzene ring substituents is 1. The minimum Gasteiger partial charge on any atom is -0.494 e. The van der Waals surface area contributed by atoms with Crippen LogP contribution in [0.3, 0.4) is 0 Å². The third kappa shape index (κ3) is 3.98. The molecule has 2 rings (SSSR count). The average molecular weight is 272 g/mol. The number of non-ortho nitro benzene ring substituents is 1. The zero-order valence-electron chi connectivity index (χ0n) is 11.0. The molecule has 5 heteroatoms. The fourth-order valence-corrected chi connectivity index (χ4v) is 1.88. The molecule has 2 N–H and O–H groups in total. The SMILES string of the molecule is Nc1cccc(CCCOc2ccc([N+](=O)[O-])cc2)c1. The van der Waals surface area contributed by atoms with Crippen molar-refractivity contribution >= 4 is 11.4 Å². The first-order chi connectivity index (χ1) is 9.65. The van der Waals surface area contributed by atoms with Gasteiger partial charge in [-0.3, -0.25) is 10.1 Å². The smallest absolute Gasteiger partial charge is 0.269 e. The highest BCUT2D eigenvalue weighted by molar-refractivity contribution is 5.40. The predicted molar refractivity (Wildman–Crippen MR) is 77.8 cm³/mol. The first-order valence-corrected chi connectivity index (χ1v) is 6.37. The second kappa shape index (κ2) is 6.56. The van der Waals surface area contributed by atoms with E-state index >= 15 is 0 Å². The molecule has 0 aliphatic rings. The van der Waals surface area contributed by atoms with E-state index in [1.54, 1.807) is 12.1 Å². The van der Waals surface area contributed by atoms with Crippen LogP contribution in [0.2, 0.25) is 0 Å². The number of nitrogens with two attached hydrogens (primary N) is 1. The number of nitrogen functional groups attached to an aromatic ring is 1. The van der Waals surface area contributed by atoms with Gasteiger partial charge in [-0.05, 0) is 42.7 Å². The summed E-state index contributed by atoms with van der Waals surface area (Å²) < 4.78 is 5.54. The number of benzene rings is 2. The number of aryl methyl sites for hydroxylation is 1. The van der Waals surface area contributed by atoms with Gasteiger partial charge in [0.2, 0.25) is 0 Å². The molecule has 0 fully saturated rings. The second-order valence-corrected chi connectivity index (χ2v) is 4.45. The highest BCUT2D eigenvalue weighted by Gasteiger charge is 2.04. The maximum atomic E-state index is 10.5. The molecule has 2 aromatic rings. The van der Waals surface area contributed by atoms with Crippen molar-refractivity contribution in [1.29, 1.82) is 0 Å². The molecule has 0 spiro atoms. The Morgan fingerprint density at radius 3 is 2.55 bits per heavy atom. The van der Waals surface area contributed by atoms with Gasteiger partial charge >= 0.3 is 0 Å². The van der Waals surface area contributed by atoms with E-state index in [9.17, 15) is 10.1 Å². The van der Waals surface area contributed by atoms with Crippen LogP contribution < -0.4 is 10.5 Å². The van der Waals surface area contributed by atoms with Crippen LogP contribution in [0.25, 0.3) is 0 Å². The van der Waals surface area contributed by atoms with Gasteiger partial charge in [-0.2, -0.15) is 0 Å². The van der Waals surface area contributed by atoms with Crippen molar-refractivity contribution in [2.24, 2.45) is 0 Å². The number of hydrogen-bond acceptors (Lipinski definition) is 4. The first-order valence-electron chi connectivity index (χ1n) is 6.37. The van der Waals surface area contributed by atoms with E-state index in [0.717, 1.165) is 18.5 Å². The summed E-state index contributed by atoms with van der Waals surface area (Å²) in [6, 6.07) is 13.9. The molecule has 0 aromatic heterocycles. The topological polar surface area (TPSA) is 78.4 Å². The van der Waals surface area contributed by atoms with Crippen LogP contribution in [0, 0.1) is 10.1 Å². The molecule has 0 atom stereocenters. The first kappa shape index (κ1) is 13.9. The zero-order valence-corrected chi connectivity index (χ0v) is 11.0. The Balaban J connectivity index is 1.77. The largest absolute Gasteiger partial charge is 0.494 e. The van der Waals surface area contributed by atoms with Crippen LogP contribution in [0.5, 0.6) is 5.75 Å². The van der Waals surface area contributed by atoms with Gasteiger partial charge in [-0.25, -0.2) is 0 Å². The molecule has 0 aliphatic heterocycles. The van der Waals surface area contributed by atoms with Gasteiger partial charge in [-0.15, -0.1) is 0 Å². The van der Waals surface area contributed by atoms with E-state index in [-0.39, 0.29) is 5.69 Å². The van der Waals surface area contributed by atoms with Crippen LogP contribution in [0.1, 0.15) is 12.0 Å². The second-order valence-electron chi connectivity index (χ2n) is 4.45.